The van der Waals surface area contributed by atoms with E-state index < -0.39 is 5.56 Å². The minimum atomic E-state index is -0.442. The molecule has 0 bridgehead atoms. The van der Waals surface area contributed by atoms with Gasteiger partial charge in [0, 0.05) is 44.5 Å². The van der Waals surface area contributed by atoms with Crippen molar-refractivity contribution in [1.82, 2.24) is 19.4 Å². The molecular weight excluding hydrogens is 416 g/mol. The van der Waals surface area contributed by atoms with Gasteiger partial charge >= 0.3 is 0 Å². The Hall–Kier alpha value is -3.48. The summed E-state index contributed by atoms with van der Waals surface area (Å²) in [5.41, 5.74) is 1.47. The van der Waals surface area contributed by atoms with E-state index in [1.807, 2.05) is 37.4 Å². The van der Waals surface area contributed by atoms with Crippen LogP contribution in [-0.2, 0) is 17.9 Å². The molecule has 0 unspecified atom stereocenters. The van der Waals surface area contributed by atoms with Gasteiger partial charge in [0.15, 0.2) is 0 Å². The van der Waals surface area contributed by atoms with E-state index in [0.29, 0.717) is 6.54 Å². The molecule has 1 aliphatic rings. The number of hydrogen-bond donors (Lipinski definition) is 0. The number of rotatable bonds is 6. The SMILES string of the molecule is CN(Cc1ccc2ncccc2c1)C(=O)c1cccn(CC(=O)N(C)C2CCCCC2)c1=O. The van der Waals surface area contributed by atoms with Gasteiger partial charge < -0.3 is 14.4 Å². The highest BCUT2D eigenvalue weighted by Gasteiger charge is 2.23. The lowest BCUT2D eigenvalue weighted by Crippen LogP contribution is -2.42. The molecule has 4 rings (SSSR count). The summed E-state index contributed by atoms with van der Waals surface area (Å²) in [6.07, 6.45) is 8.80. The van der Waals surface area contributed by atoms with Gasteiger partial charge in [-0.15, -0.1) is 0 Å². The average molecular weight is 447 g/mol. The standard InChI is InChI=1S/C26H30N4O3/c1-28(17-19-12-13-23-20(16-19)8-6-14-27-23)25(32)22-11-7-15-30(26(22)33)18-24(31)29(2)21-9-4-3-5-10-21/h6-8,11-16,21H,3-5,9-10,17-18H2,1-2H3. The third-order valence-electron chi connectivity index (χ3n) is 6.51. The molecule has 172 valence electrons. The largest absolute Gasteiger partial charge is 0.341 e. The molecule has 0 atom stereocenters. The second kappa shape index (κ2) is 9.98. The van der Waals surface area contributed by atoms with Crippen LogP contribution in [0, 0.1) is 0 Å². The van der Waals surface area contributed by atoms with Crippen LogP contribution in [0.3, 0.4) is 0 Å². The minimum Gasteiger partial charge on any atom is -0.341 e. The molecule has 1 fully saturated rings. The molecule has 2 aromatic heterocycles. The molecule has 7 heteroatoms. The first kappa shape index (κ1) is 22.7. The maximum absolute atomic E-state index is 13.1. The summed E-state index contributed by atoms with van der Waals surface area (Å²) in [7, 11) is 3.49. The second-order valence-corrected chi connectivity index (χ2v) is 8.84. The van der Waals surface area contributed by atoms with Gasteiger partial charge in [-0.2, -0.15) is 0 Å². The van der Waals surface area contributed by atoms with Gasteiger partial charge in [-0.05, 0) is 48.7 Å². The highest BCUT2D eigenvalue weighted by molar-refractivity contribution is 5.93. The first-order chi connectivity index (χ1) is 15.9. The Bertz CT molecular complexity index is 1210. The van der Waals surface area contributed by atoms with Gasteiger partial charge in [0.05, 0.1) is 5.52 Å². The van der Waals surface area contributed by atoms with Gasteiger partial charge in [-0.3, -0.25) is 19.4 Å². The average Bonchev–Trinajstić information content (AvgIpc) is 2.84. The molecule has 1 saturated carbocycles. The van der Waals surface area contributed by atoms with Crippen molar-refractivity contribution in [1.29, 1.82) is 0 Å². The number of aromatic nitrogens is 2. The molecular formula is C26H30N4O3. The first-order valence-corrected chi connectivity index (χ1v) is 11.5. The maximum Gasteiger partial charge on any atom is 0.263 e. The number of nitrogens with zero attached hydrogens (tertiary/aromatic N) is 4. The summed E-state index contributed by atoms with van der Waals surface area (Å²) in [6.45, 7) is 0.301. The van der Waals surface area contributed by atoms with Crippen molar-refractivity contribution in [2.75, 3.05) is 14.1 Å². The zero-order valence-electron chi connectivity index (χ0n) is 19.2. The molecule has 2 amide bonds. The highest BCUT2D eigenvalue weighted by Crippen LogP contribution is 2.21. The van der Waals surface area contributed by atoms with Crippen molar-refractivity contribution < 1.29 is 9.59 Å². The van der Waals surface area contributed by atoms with Crippen LogP contribution in [0.25, 0.3) is 10.9 Å². The van der Waals surface area contributed by atoms with Crippen molar-refractivity contribution in [3.05, 3.63) is 76.3 Å². The van der Waals surface area contributed by atoms with Crippen molar-refractivity contribution in [2.24, 2.45) is 0 Å². The van der Waals surface area contributed by atoms with Gasteiger partial charge in [0.1, 0.15) is 12.1 Å². The van der Waals surface area contributed by atoms with Crippen LogP contribution in [0.4, 0.5) is 0 Å². The summed E-state index contributed by atoms with van der Waals surface area (Å²) in [6, 6.07) is 13.1. The molecule has 0 radical (unpaired) electrons. The van der Waals surface area contributed by atoms with Crippen LogP contribution < -0.4 is 5.56 Å². The zero-order valence-corrected chi connectivity index (χ0v) is 19.2. The monoisotopic (exact) mass is 446 g/mol. The second-order valence-electron chi connectivity index (χ2n) is 8.84. The number of likely N-dealkylation sites (N-methyl/N-ethyl adjacent to an activating group) is 1. The predicted molar refractivity (Wildman–Crippen MR) is 128 cm³/mol. The van der Waals surface area contributed by atoms with E-state index in [2.05, 4.69) is 4.98 Å². The van der Waals surface area contributed by atoms with E-state index in [0.717, 1.165) is 42.1 Å². The van der Waals surface area contributed by atoms with E-state index in [9.17, 15) is 14.4 Å². The minimum absolute atomic E-state index is 0.0612. The van der Waals surface area contributed by atoms with Crippen molar-refractivity contribution >= 4 is 22.7 Å². The van der Waals surface area contributed by atoms with E-state index in [-0.39, 0.29) is 30.0 Å². The Morgan fingerprint density at radius 2 is 1.85 bits per heavy atom. The molecule has 1 aromatic carbocycles. The van der Waals surface area contributed by atoms with E-state index in [1.54, 1.807) is 30.4 Å². The summed E-state index contributed by atoms with van der Waals surface area (Å²) in [4.78, 5) is 46.5. The lowest BCUT2D eigenvalue weighted by atomic mass is 9.94. The number of pyridine rings is 2. The molecule has 3 aromatic rings. The molecule has 0 spiro atoms. The van der Waals surface area contributed by atoms with Crippen LogP contribution >= 0.6 is 0 Å². The fourth-order valence-electron chi connectivity index (χ4n) is 4.53. The Labute approximate surface area is 193 Å². The Kier molecular flexibility index (Phi) is 6.87. The first-order valence-electron chi connectivity index (χ1n) is 11.5. The predicted octanol–water partition coefficient (Wildman–Crippen LogP) is 3.46. The maximum atomic E-state index is 13.1. The molecule has 33 heavy (non-hydrogen) atoms. The topological polar surface area (TPSA) is 75.5 Å². The lowest BCUT2D eigenvalue weighted by molar-refractivity contribution is -0.133. The van der Waals surface area contributed by atoms with Gasteiger partial charge in [0.25, 0.3) is 11.5 Å². The summed E-state index contributed by atoms with van der Waals surface area (Å²) >= 11 is 0. The van der Waals surface area contributed by atoms with Gasteiger partial charge in [-0.25, -0.2) is 0 Å². The Morgan fingerprint density at radius 3 is 2.64 bits per heavy atom. The van der Waals surface area contributed by atoms with Crippen LogP contribution in [0.15, 0.2) is 59.7 Å². The molecule has 0 N–H and O–H groups in total. The van der Waals surface area contributed by atoms with Crippen molar-refractivity contribution in [3.8, 4) is 0 Å². The third-order valence-corrected chi connectivity index (χ3v) is 6.51. The van der Waals surface area contributed by atoms with Crippen molar-refractivity contribution in [3.63, 3.8) is 0 Å². The molecule has 0 aliphatic heterocycles. The number of carbonyl (C=O) groups is 2. The van der Waals surface area contributed by atoms with Crippen LogP contribution in [0.5, 0.6) is 0 Å². The van der Waals surface area contributed by atoms with E-state index in [4.69, 9.17) is 0 Å². The zero-order chi connectivity index (χ0) is 23.4. The molecule has 1 aliphatic carbocycles. The number of carbonyl (C=O) groups excluding carboxylic acids is 2. The van der Waals surface area contributed by atoms with Crippen LogP contribution in [0.2, 0.25) is 0 Å². The van der Waals surface area contributed by atoms with Gasteiger partial charge in [-0.1, -0.05) is 31.4 Å². The number of amides is 2. The van der Waals surface area contributed by atoms with Gasteiger partial charge in [0.2, 0.25) is 5.91 Å². The summed E-state index contributed by atoms with van der Waals surface area (Å²) < 4.78 is 1.34. The Morgan fingerprint density at radius 1 is 1.06 bits per heavy atom. The number of hydrogen-bond acceptors (Lipinski definition) is 4. The molecule has 7 nitrogen and oxygen atoms in total. The lowest BCUT2D eigenvalue weighted by Gasteiger charge is -2.31. The number of benzene rings is 1. The quantitative estimate of drug-likeness (QED) is 0.581. The molecule has 0 saturated heterocycles. The number of fused-ring (bicyclic) bond motifs is 1. The van der Waals surface area contributed by atoms with E-state index in [1.165, 1.54) is 22.0 Å². The fraction of sp³-hybridized carbons (Fsp3) is 0.385. The van der Waals surface area contributed by atoms with Crippen LogP contribution in [-0.4, -0.2) is 51.3 Å². The third kappa shape index (κ3) is 5.13. The summed E-state index contributed by atoms with van der Waals surface area (Å²) in [5, 5.41) is 0.999. The van der Waals surface area contributed by atoms with Crippen molar-refractivity contribution in [2.45, 2.75) is 51.2 Å². The smallest absolute Gasteiger partial charge is 0.263 e. The normalized spacial score (nSPS) is 14.2. The van der Waals surface area contributed by atoms with E-state index >= 15 is 0 Å². The highest BCUT2D eigenvalue weighted by atomic mass is 16.2. The Balaban J connectivity index is 1.46. The fourth-order valence-corrected chi connectivity index (χ4v) is 4.53. The molecule has 2 heterocycles. The van der Waals surface area contributed by atoms with Crippen LogP contribution in [0.1, 0.15) is 48.0 Å². The summed E-state index contributed by atoms with van der Waals surface area (Å²) in [5.74, 6) is -0.472.